The van der Waals surface area contributed by atoms with Crippen molar-refractivity contribution < 1.29 is 0 Å². The van der Waals surface area contributed by atoms with Gasteiger partial charge in [0.2, 0.25) is 16.1 Å². The Kier molecular flexibility index (Phi) is 8.99. The van der Waals surface area contributed by atoms with Crippen LogP contribution < -0.4 is 51.8 Å². The Labute approximate surface area is 373 Å². The van der Waals surface area contributed by atoms with E-state index in [0.29, 0.717) is 0 Å². The zero-order chi connectivity index (χ0) is 42.5. The molecule has 0 aliphatic carbocycles. The van der Waals surface area contributed by atoms with E-state index >= 15 is 0 Å². The maximum absolute atomic E-state index is 5.45. The second-order valence-corrected chi connectivity index (χ2v) is 23.1. The number of pyridine rings is 6. The molecule has 0 spiro atoms. The molecule has 0 unspecified atom stereocenters. The summed E-state index contributed by atoms with van der Waals surface area (Å²) in [5, 5.41) is 8.98. The minimum atomic E-state index is -2.98. The van der Waals surface area contributed by atoms with Gasteiger partial charge < -0.3 is 0 Å². The molecule has 0 radical (unpaired) electrons. The van der Waals surface area contributed by atoms with E-state index in [1.54, 1.807) is 0 Å². The van der Waals surface area contributed by atoms with Crippen molar-refractivity contribution in [1.82, 2.24) is 29.9 Å². The van der Waals surface area contributed by atoms with Crippen molar-refractivity contribution in [3.63, 3.8) is 0 Å². The average Bonchev–Trinajstić information content (AvgIpc) is 3.38. The van der Waals surface area contributed by atoms with Crippen molar-refractivity contribution in [1.29, 1.82) is 0 Å². The average molecular weight is 855 g/mol. The van der Waals surface area contributed by atoms with Crippen LogP contribution in [0.25, 0.3) is 11.4 Å². The fraction of sp³-hybridized carbons (Fsp3) is 0. The Balaban J connectivity index is 1.01. The maximum Gasteiger partial charge on any atom is 0.227 e. The van der Waals surface area contributed by atoms with Crippen LogP contribution in [-0.4, -0.2) is 46.1 Å². The van der Waals surface area contributed by atoms with E-state index < -0.39 is 16.1 Å². The Hall–Kier alpha value is -8.19. The largest absolute Gasteiger partial charge is 0.295 e. The van der Waals surface area contributed by atoms with E-state index in [2.05, 4.69) is 192 Å². The number of aromatic nitrogens is 6. The van der Waals surface area contributed by atoms with Crippen LogP contribution in [0.15, 0.2) is 231 Å². The molecule has 8 nitrogen and oxygen atoms in total. The van der Waals surface area contributed by atoms with Crippen LogP contribution in [0.1, 0.15) is 0 Å². The Morgan fingerprint density at radius 3 is 0.828 bits per heavy atom. The molecule has 302 valence electrons. The van der Waals surface area contributed by atoms with Gasteiger partial charge in [-0.05, 0) is 118 Å². The van der Waals surface area contributed by atoms with Crippen LogP contribution in [0.5, 0.6) is 0 Å². The predicted octanol–water partition coefficient (Wildman–Crippen LogP) is 6.04. The van der Waals surface area contributed by atoms with Crippen LogP contribution >= 0.6 is 0 Å². The van der Waals surface area contributed by atoms with Gasteiger partial charge in [0.15, 0.2) is 0 Å². The second kappa shape index (κ2) is 15.3. The Morgan fingerprint density at radius 2 is 0.547 bits per heavy atom. The molecule has 2 aliphatic heterocycles. The molecule has 0 N–H and O–H groups in total. The first-order chi connectivity index (χ1) is 31.8. The van der Waals surface area contributed by atoms with E-state index in [4.69, 9.17) is 29.9 Å². The molecule has 0 fully saturated rings. The number of anilines is 6. The van der Waals surface area contributed by atoms with E-state index in [1.807, 2.05) is 49.1 Å². The van der Waals surface area contributed by atoms with Gasteiger partial charge in [-0.2, -0.15) is 0 Å². The molecule has 0 amide bonds. The summed E-state index contributed by atoms with van der Waals surface area (Å²) in [4.78, 5) is 35.8. The van der Waals surface area contributed by atoms with Gasteiger partial charge in [0.1, 0.15) is 11.6 Å². The highest BCUT2D eigenvalue weighted by molar-refractivity contribution is 7.21. The number of nitrogens with zero attached hydrogens (tertiary/aromatic N) is 8. The Morgan fingerprint density at radius 1 is 0.266 bits per heavy atom. The van der Waals surface area contributed by atoms with E-state index in [9.17, 15) is 0 Å². The summed E-state index contributed by atoms with van der Waals surface area (Å²) in [6.45, 7) is 0. The molecular formula is C54H38N8Si2. The van der Waals surface area contributed by atoms with E-state index in [0.717, 1.165) is 67.0 Å². The summed E-state index contributed by atoms with van der Waals surface area (Å²) in [5.74, 6) is 1.59. The Bertz CT molecular complexity index is 2920. The van der Waals surface area contributed by atoms with Gasteiger partial charge in [-0.3, -0.25) is 29.7 Å². The van der Waals surface area contributed by atoms with Gasteiger partial charge in [-0.15, -0.1) is 0 Å². The first-order valence-corrected chi connectivity index (χ1v) is 25.4. The highest BCUT2D eigenvalue weighted by Crippen LogP contribution is 2.40. The van der Waals surface area contributed by atoms with Crippen LogP contribution in [0.3, 0.4) is 0 Å². The first-order valence-electron chi connectivity index (χ1n) is 21.4. The SMILES string of the molecule is c1ccc([Si]2(c3ccccn3)c3ccccc3N(c3cccc(-c4cccc(N5c6ccccc6[Si](c6ccccn6)(c6ccccn6)c6ccccc65)n4)n3)c3ccccc32)nc1. The maximum atomic E-state index is 5.45. The minimum absolute atomic E-state index is 0.766. The molecule has 0 saturated carbocycles. The quantitative estimate of drug-likeness (QED) is 0.180. The van der Waals surface area contributed by atoms with Gasteiger partial charge in [0.25, 0.3) is 0 Å². The normalized spacial score (nSPS) is 14.1. The van der Waals surface area contributed by atoms with Gasteiger partial charge in [-0.1, -0.05) is 109 Å². The van der Waals surface area contributed by atoms with Gasteiger partial charge >= 0.3 is 0 Å². The van der Waals surface area contributed by atoms with Crippen molar-refractivity contribution in [3.05, 3.63) is 231 Å². The van der Waals surface area contributed by atoms with Gasteiger partial charge in [-0.25, -0.2) is 9.97 Å². The summed E-state index contributed by atoms with van der Waals surface area (Å²) in [5.41, 5.74) is 5.77. The molecule has 6 aromatic heterocycles. The van der Waals surface area contributed by atoms with Crippen molar-refractivity contribution in [2.45, 2.75) is 0 Å². The molecule has 0 bridgehead atoms. The molecule has 12 rings (SSSR count). The van der Waals surface area contributed by atoms with Crippen molar-refractivity contribution >= 4 is 92.5 Å². The van der Waals surface area contributed by atoms with Crippen LogP contribution in [0.4, 0.5) is 34.4 Å². The topological polar surface area (TPSA) is 83.8 Å². The molecule has 4 aromatic carbocycles. The van der Waals surface area contributed by atoms with E-state index in [-0.39, 0.29) is 0 Å². The number of hydrogen-bond acceptors (Lipinski definition) is 8. The van der Waals surface area contributed by atoms with Crippen molar-refractivity contribution in [2.75, 3.05) is 9.80 Å². The number of hydrogen-bond donors (Lipinski definition) is 0. The molecule has 2 aliphatic rings. The molecule has 8 heterocycles. The number of fused-ring (bicyclic) bond motifs is 4. The second-order valence-electron chi connectivity index (χ2n) is 15.9. The lowest BCUT2D eigenvalue weighted by Gasteiger charge is -2.43. The number of rotatable bonds is 7. The summed E-state index contributed by atoms with van der Waals surface area (Å²) < 4.78 is 0. The summed E-state index contributed by atoms with van der Waals surface area (Å²) in [6.07, 6.45) is 7.60. The number of benzene rings is 4. The zero-order valence-corrected chi connectivity index (χ0v) is 36.5. The van der Waals surface area contributed by atoms with E-state index in [1.165, 1.54) is 20.7 Å². The third kappa shape index (κ3) is 5.59. The molecule has 0 atom stereocenters. The van der Waals surface area contributed by atoms with Gasteiger partial charge in [0, 0.05) is 68.8 Å². The fourth-order valence-corrected chi connectivity index (χ4v) is 19.5. The first kappa shape index (κ1) is 37.6. The number of para-hydroxylation sites is 4. The molecule has 0 saturated heterocycles. The van der Waals surface area contributed by atoms with Crippen molar-refractivity contribution in [3.8, 4) is 11.4 Å². The van der Waals surface area contributed by atoms with Crippen LogP contribution in [0, 0.1) is 0 Å². The molecular weight excluding hydrogens is 817 g/mol. The lowest BCUT2D eigenvalue weighted by molar-refractivity contribution is 1.15. The minimum Gasteiger partial charge on any atom is -0.295 e. The van der Waals surface area contributed by atoms with Crippen molar-refractivity contribution in [2.24, 2.45) is 0 Å². The highest BCUT2D eigenvalue weighted by atomic mass is 28.3. The van der Waals surface area contributed by atoms with Crippen LogP contribution in [-0.2, 0) is 0 Å². The third-order valence-corrected chi connectivity index (χ3v) is 21.8. The predicted molar refractivity (Wildman–Crippen MR) is 262 cm³/mol. The lowest BCUT2D eigenvalue weighted by atomic mass is 10.2. The highest BCUT2D eigenvalue weighted by Gasteiger charge is 2.52. The smallest absolute Gasteiger partial charge is 0.227 e. The summed E-state index contributed by atoms with van der Waals surface area (Å²) in [7, 11) is -5.96. The van der Waals surface area contributed by atoms with Gasteiger partial charge in [0.05, 0.1) is 11.4 Å². The summed E-state index contributed by atoms with van der Waals surface area (Å²) in [6, 6.07) is 72.2. The zero-order valence-electron chi connectivity index (χ0n) is 34.5. The lowest BCUT2D eigenvalue weighted by Crippen LogP contribution is -2.78. The molecule has 10 heteroatoms. The molecule has 10 aromatic rings. The fourth-order valence-electron chi connectivity index (χ4n) is 10.1. The monoisotopic (exact) mass is 854 g/mol. The summed E-state index contributed by atoms with van der Waals surface area (Å²) >= 11 is 0. The third-order valence-electron chi connectivity index (χ3n) is 12.6. The molecule has 64 heavy (non-hydrogen) atoms. The standard InChI is InChI=1S/C54H38N8Si2/c1-5-25-45-41(21-1)61(42-22-2-6-26-46(42)63(45,51-31-9-13-35-55-51)52-32-10-14-36-56-52)49-29-17-19-39(59-49)40-20-18-30-50(60-40)62-43-23-3-7-27-47(43)64(53-33-11-15-37-57-53,54-34-12-16-38-58-54)48-28-8-4-24-44(48)62/h1-38H. The van der Waals surface area contributed by atoms with Crippen LogP contribution in [0.2, 0.25) is 0 Å².